The molecule has 2 aliphatic rings. The van der Waals surface area contributed by atoms with Gasteiger partial charge in [0, 0.05) is 38.2 Å². The van der Waals surface area contributed by atoms with Gasteiger partial charge in [0.1, 0.15) is 25.4 Å². The van der Waals surface area contributed by atoms with Crippen LogP contribution >= 0.6 is 0 Å². The highest BCUT2D eigenvalue weighted by molar-refractivity contribution is 5.51. The van der Waals surface area contributed by atoms with Crippen molar-refractivity contribution in [1.82, 2.24) is 14.9 Å². The van der Waals surface area contributed by atoms with E-state index in [0.717, 1.165) is 49.9 Å². The summed E-state index contributed by atoms with van der Waals surface area (Å²) in [6, 6.07) is 6.19. The van der Waals surface area contributed by atoms with Crippen LogP contribution in [0.4, 0.5) is 5.82 Å². The van der Waals surface area contributed by atoms with Crippen molar-refractivity contribution in [2.75, 3.05) is 38.3 Å². The van der Waals surface area contributed by atoms with Crippen molar-refractivity contribution in [3.8, 4) is 11.5 Å². The van der Waals surface area contributed by atoms with Crippen LogP contribution in [0.3, 0.4) is 0 Å². The largest absolute Gasteiger partial charge is 0.486 e. The average molecular weight is 340 g/mol. The van der Waals surface area contributed by atoms with Crippen LogP contribution in [-0.2, 0) is 19.5 Å². The topological polar surface area (TPSA) is 50.7 Å². The first-order chi connectivity index (χ1) is 12.2. The van der Waals surface area contributed by atoms with Crippen molar-refractivity contribution in [3.63, 3.8) is 0 Å². The third-order valence-corrected chi connectivity index (χ3v) is 4.83. The smallest absolute Gasteiger partial charge is 0.161 e. The van der Waals surface area contributed by atoms with Gasteiger partial charge < -0.3 is 19.3 Å². The number of hydrogen-bond acceptors (Lipinski definition) is 6. The van der Waals surface area contributed by atoms with Gasteiger partial charge in [0.15, 0.2) is 11.5 Å². The number of likely N-dealkylation sites (N-methyl/N-ethyl adjacent to an activating group) is 1. The van der Waals surface area contributed by atoms with E-state index < -0.39 is 0 Å². The Bertz CT molecular complexity index is 765. The lowest BCUT2D eigenvalue weighted by molar-refractivity contribution is 0.171. The highest BCUT2D eigenvalue weighted by Gasteiger charge is 2.22. The highest BCUT2D eigenvalue weighted by atomic mass is 16.6. The van der Waals surface area contributed by atoms with Crippen LogP contribution in [0.15, 0.2) is 24.5 Å². The molecule has 0 saturated heterocycles. The Morgan fingerprint density at radius 3 is 2.84 bits per heavy atom. The fourth-order valence-electron chi connectivity index (χ4n) is 3.48. The second-order valence-electron chi connectivity index (χ2n) is 6.60. The third-order valence-electron chi connectivity index (χ3n) is 4.83. The quantitative estimate of drug-likeness (QED) is 0.851. The molecule has 1 aromatic heterocycles. The minimum absolute atomic E-state index is 0.611. The van der Waals surface area contributed by atoms with E-state index in [0.29, 0.717) is 13.2 Å². The van der Waals surface area contributed by atoms with Crippen LogP contribution < -0.4 is 14.4 Å². The summed E-state index contributed by atoms with van der Waals surface area (Å²) in [6.45, 7) is 7.04. The van der Waals surface area contributed by atoms with E-state index in [2.05, 4.69) is 45.9 Å². The first kappa shape index (κ1) is 16.1. The van der Waals surface area contributed by atoms with Crippen LogP contribution in [0, 0.1) is 0 Å². The Hall–Kier alpha value is -2.34. The van der Waals surface area contributed by atoms with Crippen LogP contribution in [0.1, 0.15) is 23.7 Å². The monoisotopic (exact) mass is 340 g/mol. The van der Waals surface area contributed by atoms with E-state index in [-0.39, 0.29) is 0 Å². The van der Waals surface area contributed by atoms with Crippen LogP contribution in [0.25, 0.3) is 0 Å². The van der Waals surface area contributed by atoms with Crippen molar-refractivity contribution in [2.45, 2.75) is 26.4 Å². The molecule has 3 heterocycles. The summed E-state index contributed by atoms with van der Waals surface area (Å²) in [5.41, 5.74) is 3.64. The normalized spacial score (nSPS) is 16.4. The van der Waals surface area contributed by atoms with Gasteiger partial charge in [-0.25, -0.2) is 9.97 Å². The minimum atomic E-state index is 0.611. The molecule has 0 bridgehead atoms. The van der Waals surface area contributed by atoms with Gasteiger partial charge in [0.25, 0.3) is 0 Å². The van der Waals surface area contributed by atoms with E-state index in [1.807, 2.05) is 6.07 Å². The molecule has 25 heavy (non-hydrogen) atoms. The number of anilines is 1. The lowest BCUT2D eigenvalue weighted by Gasteiger charge is -2.30. The standard InChI is InChI=1S/C19H24N4O2/c1-3-23(11-14-4-5-17-18(10-14)25-9-8-24-17)19-15-12-22(2)7-6-16(15)20-13-21-19/h4-5,10,13H,3,6-9,11-12H2,1-2H3. The molecule has 2 aromatic rings. The summed E-state index contributed by atoms with van der Waals surface area (Å²) in [5, 5.41) is 0. The Labute approximate surface area is 148 Å². The number of aromatic nitrogens is 2. The first-order valence-electron chi connectivity index (χ1n) is 8.89. The molecule has 0 aliphatic carbocycles. The summed E-state index contributed by atoms with van der Waals surface area (Å²) in [4.78, 5) is 13.7. The molecule has 1 aromatic carbocycles. The number of fused-ring (bicyclic) bond motifs is 2. The summed E-state index contributed by atoms with van der Waals surface area (Å²) in [5.74, 6) is 2.72. The lowest BCUT2D eigenvalue weighted by Crippen LogP contribution is -2.32. The molecule has 6 heteroatoms. The molecule has 0 spiro atoms. The van der Waals surface area contributed by atoms with Crippen molar-refractivity contribution >= 4 is 5.82 Å². The molecule has 132 valence electrons. The van der Waals surface area contributed by atoms with Crippen LogP contribution in [0.5, 0.6) is 11.5 Å². The number of hydrogen-bond donors (Lipinski definition) is 0. The molecule has 0 amide bonds. The molecular formula is C19H24N4O2. The molecule has 0 N–H and O–H groups in total. The predicted octanol–water partition coefficient (Wildman–Crippen LogP) is 2.26. The van der Waals surface area contributed by atoms with Crippen molar-refractivity contribution in [3.05, 3.63) is 41.3 Å². The molecule has 2 aliphatic heterocycles. The molecule has 4 rings (SSSR count). The zero-order valence-corrected chi connectivity index (χ0v) is 14.9. The van der Waals surface area contributed by atoms with Gasteiger partial charge in [-0.1, -0.05) is 6.07 Å². The van der Waals surface area contributed by atoms with Gasteiger partial charge in [-0.05, 0) is 31.7 Å². The zero-order valence-electron chi connectivity index (χ0n) is 14.9. The first-order valence-corrected chi connectivity index (χ1v) is 8.89. The Balaban J connectivity index is 1.61. The van der Waals surface area contributed by atoms with Crippen molar-refractivity contribution < 1.29 is 9.47 Å². The molecule has 6 nitrogen and oxygen atoms in total. The maximum absolute atomic E-state index is 5.71. The van der Waals surface area contributed by atoms with Gasteiger partial charge in [0.05, 0.1) is 5.69 Å². The molecular weight excluding hydrogens is 316 g/mol. The summed E-state index contributed by atoms with van der Waals surface area (Å²) < 4.78 is 11.3. The van der Waals surface area contributed by atoms with Gasteiger partial charge >= 0.3 is 0 Å². The van der Waals surface area contributed by atoms with E-state index in [9.17, 15) is 0 Å². The zero-order chi connectivity index (χ0) is 17.2. The van der Waals surface area contributed by atoms with Crippen LogP contribution in [-0.4, -0.2) is 48.2 Å². The molecule has 0 atom stereocenters. The van der Waals surface area contributed by atoms with Gasteiger partial charge in [0.2, 0.25) is 0 Å². The van der Waals surface area contributed by atoms with Gasteiger partial charge in [-0.2, -0.15) is 0 Å². The number of ether oxygens (including phenoxy) is 2. The Morgan fingerprint density at radius 1 is 1.16 bits per heavy atom. The highest BCUT2D eigenvalue weighted by Crippen LogP contribution is 2.32. The SMILES string of the molecule is CCN(Cc1ccc2c(c1)OCCO2)c1ncnc2c1CN(C)CC2. The second-order valence-corrected chi connectivity index (χ2v) is 6.60. The fraction of sp³-hybridized carbons (Fsp3) is 0.474. The lowest BCUT2D eigenvalue weighted by atomic mass is 10.1. The molecule has 0 unspecified atom stereocenters. The van der Waals surface area contributed by atoms with Crippen molar-refractivity contribution in [1.29, 1.82) is 0 Å². The Kier molecular flexibility index (Phi) is 4.44. The maximum Gasteiger partial charge on any atom is 0.161 e. The number of rotatable bonds is 4. The third kappa shape index (κ3) is 3.26. The second kappa shape index (κ2) is 6.88. The number of nitrogens with zero attached hydrogens (tertiary/aromatic N) is 4. The van der Waals surface area contributed by atoms with Crippen LogP contribution in [0.2, 0.25) is 0 Å². The molecule has 0 radical (unpaired) electrons. The van der Waals surface area contributed by atoms with E-state index in [1.54, 1.807) is 6.33 Å². The fourth-order valence-corrected chi connectivity index (χ4v) is 3.48. The summed E-state index contributed by atoms with van der Waals surface area (Å²) in [6.07, 6.45) is 2.69. The van der Waals surface area contributed by atoms with E-state index in [1.165, 1.54) is 16.8 Å². The maximum atomic E-state index is 5.71. The van der Waals surface area contributed by atoms with E-state index >= 15 is 0 Å². The predicted molar refractivity (Wildman–Crippen MR) is 96.2 cm³/mol. The number of benzene rings is 1. The van der Waals surface area contributed by atoms with Gasteiger partial charge in [-0.3, -0.25) is 0 Å². The molecule has 0 fully saturated rings. The summed E-state index contributed by atoms with van der Waals surface area (Å²) >= 11 is 0. The van der Waals surface area contributed by atoms with Gasteiger partial charge in [-0.15, -0.1) is 0 Å². The van der Waals surface area contributed by atoms with E-state index in [4.69, 9.17) is 9.47 Å². The average Bonchev–Trinajstić information content (AvgIpc) is 2.65. The van der Waals surface area contributed by atoms with Crippen molar-refractivity contribution in [2.24, 2.45) is 0 Å². The summed E-state index contributed by atoms with van der Waals surface area (Å²) in [7, 11) is 2.15. The molecule has 0 saturated carbocycles. The minimum Gasteiger partial charge on any atom is -0.486 e. The Morgan fingerprint density at radius 2 is 2.00 bits per heavy atom.